The van der Waals surface area contributed by atoms with Gasteiger partial charge in [-0.15, -0.1) is 0 Å². The van der Waals surface area contributed by atoms with Crippen molar-refractivity contribution >= 4 is 21.7 Å². The van der Waals surface area contributed by atoms with Gasteiger partial charge in [0.2, 0.25) is 0 Å². The third kappa shape index (κ3) is 2.38. The SMILES string of the molecule is CCN(CC)[C@@H]1COc2ccc(Br)cc2C1=O. The molecule has 1 aromatic carbocycles. The van der Waals surface area contributed by atoms with E-state index in [1.165, 1.54) is 0 Å². The number of ketones is 1. The maximum Gasteiger partial charge on any atom is 0.187 e. The zero-order valence-electron chi connectivity index (χ0n) is 10.1. The summed E-state index contributed by atoms with van der Waals surface area (Å²) >= 11 is 3.39. The summed E-state index contributed by atoms with van der Waals surface area (Å²) in [5, 5.41) is 0. The van der Waals surface area contributed by atoms with E-state index in [0.29, 0.717) is 17.9 Å². The molecular weight excluding hydrogens is 282 g/mol. The molecule has 92 valence electrons. The largest absolute Gasteiger partial charge is 0.491 e. The van der Waals surface area contributed by atoms with Crippen LogP contribution in [-0.2, 0) is 0 Å². The summed E-state index contributed by atoms with van der Waals surface area (Å²) in [5.74, 6) is 0.859. The Bertz CT molecular complexity index is 429. The number of likely N-dealkylation sites (N-methyl/N-ethyl adjacent to an activating group) is 1. The molecule has 1 atom stereocenters. The molecular formula is C13H16BrNO2. The van der Waals surface area contributed by atoms with Gasteiger partial charge in [0, 0.05) is 4.47 Å². The highest BCUT2D eigenvalue weighted by Gasteiger charge is 2.32. The lowest BCUT2D eigenvalue weighted by Gasteiger charge is -2.32. The molecule has 0 spiro atoms. The van der Waals surface area contributed by atoms with E-state index in [0.717, 1.165) is 17.6 Å². The predicted octanol–water partition coefficient (Wildman–Crippen LogP) is 2.73. The van der Waals surface area contributed by atoms with Crippen LogP contribution in [0, 0.1) is 0 Å². The van der Waals surface area contributed by atoms with Crippen LogP contribution in [0.15, 0.2) is 22.7 Å². The molecule has 3 nitrogen and oxygen atoms in total. The monoisotopic (exact) mass is 297 g/mol. The van der Waals surface area contributed by atoms with Crippen molar-refractivity contribution in [3.63, 3.8) is 0 Å². The Hall–Kier alpha value is -0.870. The Labute approximate surface area is 110 Å². The molecule has 0 amide bonds. The normalized spacial score (nSPS) is 19.1. The first-order valence-corrected chi connectivity index (χ1v) is 6.67. The minimum atomic E-state index is -0.146. The molecule has 0 radical (unpaired) electrons. The lowest BCUT2D eigenvalue weighted by molar-refractivity contribution is 0.0692. The van der Waals surface area contributed by atoms with Crippen molar-refractivity contribution in [2.24, 2.45) is 0 Å². The molecule has 0 unspecified atom stereocenters. The number of carbonyl (C=O) groups excluding carboxylic acids is 1. The fraction of sp³-hybridized carbons (Fsp3) is 0.462. The molecule has 2 rings (SSSR count). The number of fused-ring (bicyclic) bond motifs is 1. The number of hydrogen-bond acceptors (Lipinski definition) is 3. The van der Waals surface area contributed by atoms with Gasteiger partial charge in [0.1, 0.15) is 18.4 Å². The second-order valence-corrected chi connectivity index (χ2v) is 4.97. The highest BCUT2D eigenvalue weighted by Crippen LogP contribution is 2.29. The zero-order valence-corrected chi connectivity index (χ0v) is 11.7. The maximum absolute atomic E-state index is 12.4. The second-order valence-electron chi connectivity index (χ2n) is 4.05. The van der Waals surface area contributed by atoms with Gasteiger partial charge in [-0.3, -0.25) is 9.69 Å². The van der Waals surface area contributed by atoms with E-state index in [1.54, 1.807) is 0 Å². The van der Waals surface area contributed by atoms with Crippen molar-refractivity contribution in [2.75, 3.05) is 19.7 Å². The minimum absolute atomic E-state index is 0.146. The standard InChI is InChI=1S/C13H16BrNO2/c1-3-15(4-2)11-8-17-12-6-5-9(14)7-10(12)13(11)16/h5-7,11H,3-4,8H2,1-2H3/t11-/m1/s1. The van der Waals surface area contributed by atoms with E-state index in [9.17, 15) is 4.79 Å². The van der Waals surface area contributed by atoms with Gasteiger partial charge < -0.3 is 4.74 Å². The van der Waals surface area contributed by atoms with Crippen LogP contribution in [-0.4, -0.2) is 36.4 Å². The van der Waals surface area contributed by atoms with E-state index < -0.39 is 0 Å². The lowest BCUT2D eigenvalue weighted by atomic mass is 10.00. The van der Waals surface area contributed by atoms with Crippen LogP contribution in [0.3, 0.4) is 0 Å². The number of benzene rings is 1. The van der Waals surface area contributed by atoms with E-state index in [4.69, 9.17) is 4.74 Å². The van der Waals surface area contributed by atoms with Gasteiger partial charge in [0.05, 0.1) is 5.56 Å². The van der Waals surface area contributed by atoms with E-state index in [2.05, 4.69) is 34.7 Å². The Morgan fingerprint density at radius 3 is 2.76 bits per heavy atom. The fourth-order valence-electron chi connectivity index (χ4n) is 2.18. The fourth-order valence-corrected chi connectivity index (χ4v) is 2.54. The maximum atomic E-state index is 12.4. The molecule has 4 heteroatoms. The Balaban J connectivity index is 2.32. The molecule has 0 aliphatic carbocycles. The third-order valence-corrected chi connectivity index (χ3v) is 3.65. The average Bonchev–Trinajstić information content (AvgIpc) is 2.34. The summed E-state index contributed by atoms with van der Waals surface area (Å²) < 4.78 is 6.57. The smallest absolute Gasteiger partial charge is 0.187 e. The predicted molar refractivity (Wildman–Crippen MR) is 70.7 cm³/mol. The van der Waals surface area contributed by atoms with Crippen LogP contribution >= 0.6 is 15.9 Å². The van der Waals surface area contributed by atoms with Crippen molar-refractivity contribution in [2.45, 2.75) is 19.9 Å². The number of hydrogen-bond donors (Lipinski definition) is 0. The number of Topliss-reactive ketones (excluding diaryl/α,β-unsaturated/α-hetero) is 1. The van der Waals surface area contributed by atoms with Gasteiger partial charge in [0.15, 0.2) is 5.78 Å². The summed E-state index contributed by atoms with van der Waals surface area (Å²) in [6.45, 7) is 6.30. The lowest BCUT2D eigenvalue weighted by Crippen LogP contribution is -2.47. The van der Waals surface area contributed by atoms with Crippen LogP contribution in [0.2, 0.25) is 0 Å². The molecule has 0 N–H and O–H groups in total. The third-order valence-electron chi connectivity index (χ3n) is 3.16. The molecule has 0 bridgehead atoms. The van der Waals surface area contributed by atoms with Crippen molar-refractivity contribution in [3.05, 3.63) is 28.2 Å². The number of nitrogens with zero attached hydrogens (tertiary/aromatic N) is 1. The van der Waals surface area contributed by atoms with Crippen molar-refractivity contribution in [1.29, 1.82) is 0 Å². The molecule has 1 aliphatic heterocycles. The Morgan fingerprint density at radius 2 is 2.12 bits per heavy atom. The number of carbonyl (C=O) groups is 1. The quantitative estimate of drug-likeness (QED) is 0.859. The van der Waals surface area contributed by atoms with Crippen LogP contribution in [0.4, 0.5) is 0 Å². The zero-order chi connectivity index (χ0) is 12.4. The van der Waals surface area contributed by atoms with Gasteiger partial charge in [0.25, 0.3) is 0 Å². The van der Waals surface area contributed by atoms with Crippen LogP contribution in [0.25, 0.3) is 0 Å². The van der Waals surface area contributed by atoms with Crippen LogP contribution < -0.4 is 4.74 Å². The Morgan fingerprint density at radius 1 is 1.41 bits per heavy atom. The molecule has 17 heavy (non-hydrogen) atoms. The molecule has 0 saturated carbocycles. The summed E-state index contributed by atoms with van der Waals surface area (Å²) in [4.78, 5) is 14.5. The van der Waals surface area contributed by atoms with Gasteiger partial charge in [-0.1, -0.05) is 29.8 Å². The van der Waals surface area contributed by atoms with E-state index in [-0.39, 0.29) is 11.8 Å². The Kier molecular flexibility index (Phi) is 3.84. The van der Waals surface area contributed by atoms with E-state index >= 15 is 0 Å². The first-order valence-electron chi connectivity index (χ1n) is 5.88. The summed E-state index contributed by atoms with van der Waals surface area (Å²) in [5.41, 5.74) is 0.683. The molecule has 0 saturated heterocycles. The minimum Gasteiger partial charge on any atom is -0.491 e. The molecule has 0 fully saturated rings. The topological polar surface area (TPSA) is 29.5 Å². The molecule has 1 aliphatic rings. The average molecular weight is 298 g/mol. The van der Waals surface area contributed by atoms with Gasteiger partial charge in [-0.05, 0) is 31.3 Å². The number of ether oxygens (including phenoxy) is 1. The first-order chi connectivity index (χ1) is 8.17. The first kappa shape index (κ1) is 12.6. The van der Waals surface area contributed by atoms with Gasteiger partial charge in [-0.25, -0.2) is 0 Å². The van der Waals surface area contributed by atoms with Crippen molar-refractivity contribution in [3.8, 4) is 5.75 Å². The highest BCUT2D eigenvalue weighted by atomic mass is 79.9. The van der Waals surface area contributed by atoms with Gasteiger partial charge >= 0.3 is 0 Å². The van der Waals surface area contributed by atoms with E-state index in [1.807, 2.05) is 18.2 Å². The second kappa shape index (κ2) is 5.19. The van der Waals surface area contributed by atoms with Crippen molar-refractivity contribution < 1.29 is 9.53 Å². The number of rotatable bonds is 3. The number of halogens is 1. The molecule has 0 aromatic heterocycles. The van der Waals surface area contributed by atoms with Crippen LogP contribution in [0.5, 0.6) is 5.75 Å². The molecule has 1 aromatic rings. The summed E-state index contributed by atoms with van der Waals surface area (Å²) in [7, 11) is 0. The van der Waals surface area contributed by atoms with Crippen LogP contribution in [0.1, 0.15) is 24.2 Å². The summed E-state index contributed by atoms with van der Waals surface area (Å²) in [6, 6.07) is 5.43. The van der Waals surface area contributed by atoms with Crippen molar-refractivity contribution in [1.82, 2.24) is 4.90 Å². The molecule has 1 heterocycles. The summed E-state index contributed by atoms with van der Waals surface area (Å²) in [6.07, 6.45) is 0. The van der Waals surface area contributed by atoms with Gasteiger partial charge in [-0.2, -0.15) is 0 Å². The highest BCUT2D eigenvalue weighted by molar-refractivity contribution is 9.10.